The number of benzene rings is 8. The van der Waals surface area contributed by atoms with Crippen LogP contribution in [0, 0.1) is 0 Å². The van der Waals surface area contributed by atoms with Crippen molar-refractivity contribution in [3.05, 3.63) is 222 Å². The minimum atomic E-state index is -2.92. The maximum Gasteiger partial charge on any atom is 0.0725 e. The lowest BCUT2D eigenvalue weighted by Crippen LogP contribution is -2.25. The molecule has 0 saturated heterocycles. The summed E-state index contributed by atoms with van der Waals surface area (Å²) in [5, 5.41) is 0. The van der Waals surface area contributed by atoms with Gasteiger partial charge >= 0.3 is 0 Å². The zero-order valence-corrected chi connectivity index (χ0v) is 24.9. The minimum absolute atomic E-state index is 0.285. The summed E-state index contributed by atoms with van der Waals surface area (Å²) >= 11 is 0. The number of hydrogen-bond acceptors (Lipinski definition) is 1. The molecule has 0 saturated carbocycles. The van der Waals surface area contributed by atoms with Gasteiger partial charge in [-0.25, -0.2) is 0 Å². The van der Waals surface area contributed by atoms with Gasteiger partial charge in [0.25, 0.3) is 0 Å². The number of nitrogens with zero attached hydrogens (tertiary/aromatic N) is 1. The Morgan fingerprint density at radius 2 is 0.640 bits per heavy atom. The fraction of sp³-hybridized carbons (Fsp3) is 0.0204. The van der Waals surface area contributed by atoms with Gasteiger partial charge in [-0.15, -0.1) is 0 Å². The molecule has 0 aromatic heterocycles. The van der Waals surface area contributed by atoms with Crippen molar-refractivity contribution < 1.29 is 45.2 Å². The molecule has 234 valence electrons. The van der Waals surface area contributed by atoms with E-state index in [-0.39, 0.29) is 4.90 Å². The van der Waals surface area contributed by atoms with Crippen molar-refractivity contribution in [1.29, 1.82) is 0 Å². The number of anilines is 3. The third-order valence-electron chi connectivity index (χ3n) is 8.26. The van der Waals surface area contributed by atoms with Gasteiger partial charge in [0.15, 0.2) is 0 Å². The summed E-state index contributed by atoms with van der Waals surface area (Å²) in [5.74, 6) is 0. The summed E-state index contributed by atoms with van der Waals surface area (Å²) in [4.78, 5) is 0.285. The first-order valence-corrected chi connectivity index (χ1v) is 14.7. The molecule has 0 atom stereocenters. The van der Waals surface area contributed by atoms with E-state index in [9.17, 15) is 23.3 Å². The summed E-state index contributed by atoms with van der Waals surface area (Å²) in [7, 11) is 0. The van der Waals surface area contributed by atoms with E-state index in [1.807, 2.05) is 0 Å². The molecule has 0 N–H and O–H groups in total. The molecule has 10 rings (SSSR count). The van der Waals surface area contributed by atoms with Gasteiger partial charge in [0.1, 0.15) is 0 Å². The number of fused-ring (bicyclic) bond motifs is 10. The maximum absolute atomic E-state index is 10.3. The summed E-state index contributed by atoms with van der Waals surface area (Å²) in [6.45, 7) is 0. The molecular formula is C49H33N. The molecule has 50 heavy (non-hydrogen) atoms. The van der Waals surface area contributed by atoms with E-state index in [1.54, 1.807) is 0 Å². The van der Waals surface area contributed by atoms with Crippen molar-refractivity contribution in [3.63, 3.8) is 0 Å². The molecule has 1 nitrogen and oxygen atoms in total. The Hall–Kier alpha value is -6.44. The lowest BCUT2D eigenvalue weighted by atomic mass is 9.70. The fourth-order valence-electron chi connectivity index (χ4n) is 6.24. The zero-order chi connectivity index (χ0) is 61.8. The van der Waals surface area contributed by atoms with E-state index in [2.05, 4.69) is 0 Å². The monoisotopic (exact) mass is 668 g/mol. The molecule has 0 bridgehead atoms. The van der Waals surface area contributed by atoms with Crippen LogP contribution in [0.4, 0.5) is 17.1 Å². The Morgan fingerprint density at radius 1 is 0.300 bits per heavy atom. The summed E-state index contributed by atoms with van der Waals surface area (Å²) in [6.07, 6.45) is 0. The molecule has 0 aliphatic heterocycles. The first kappa shape index (κ1) is 10.8. The van der Waals surface area contributed by atoms with Crippen molar-refractivity contribution in [2.75, 3.05) is 4.90 Å². The van der Waals surface area contributed by atoms with Crippen LogP contribution >= 0.6 is 0 Å². The van der Waals surface area contributed by atoms with Gasteiger partial charge in [-0.2, -0.15) is 0 Å². The van der Waals surface area contributed by atoms with Crippen LogP contribution in [0.15, 0.2) is 199 Å². The fourth-order valence-corrected chi connectivity index (χ4v) is 6.24. The van der Waals surface area contributed by atoms with Crippen molar-refractivity contribution in [1.82, 2.24) is 0 Å². The average Bonchev–Trinajstić information content (AvgIpc) is 1.77. The molecule has 0 heterocycles. The minimum Gasteiger partial charge on any atom is -0.310 e. The van der Waals surface area contributed by atoms with Gasteiger partial charge < -0.3 is 4.90 Å². The van der Waals surface area contributed by atoms with Crippen molar-refractivity contribution in [3.8, 4) is 44.5 Å². The summed E-state index contributed by atoms with van der Waals surface area (Å²) < 4.78 is 300. The molecule has 0 amide bonds. The topological polar surface area (TPSA) is 3.24 Å². The Balaban J connectivity index is 1.46. The Kier molecular flexibility index (Phi) is 2.44. The van der Waals surface area contributed by atoms with Crippen LogP contribution in [0.25, 0.3) is 44.5 Å². The smallest absolute Gasteiger partial charge is 0.0725 e. The van der Waals surface area contributed by atoms with E-state index < -0.39 is 289 Å². The van der Waals surface area contributed by atoms with Crippen LogP contribution in [-0.4, -0.2) is 0 Å². The van der Waals surface area contributed by atoms with Crippen LogP contribution < -0.4 is 4.90 Å². The van der Waals surface area contributed by atoms with Crippen molar-refractivity contribution in [2.24, 2.45) is 0 Å². The molecule has 1 spiro atoms. The van der Waals surface area contributed by atoms with Gasteiger partial charge in [-0.3, -0.25) is 0 Å². The predicted molar refractivity (Wildman–Crippen MR) is 208 cm³/mol. The largest absolute Gasteiger partial charge is 0.310 e. The molecule has 2 aliphatic carbocycles. The molecule has 2 aliphatic rings. The van der Waals surface area contributed by atoms with E-state index in [4.69, 9.17) is 21.9 Å². The zero-order valence-electron chi connectivity index (χ0n) is 57.9. The van der Waals surface area contributed by atoms with Crippen LogP contribution in [0.2, 0.25) is 0 Å². The maximum atomic E-state index is 10.3. The molecule has 1 heteroatoms. The number of rotatable bonds is 5. The van der Waals surface area contributed by atoms with Crippen LogP contribution in [0.5, 0.6) is 0 Å². The molecular weight excluding hydrogens is 603 g/mol. The Labute approximate surface area is 339 Å². The quantitative estimate of drug-likeness (QED) is 0.176. The summed E-state index contributed by atoms with van der Waals surface area (Å²) in [6, 6.07) is -35.8. The molecule has 8 aromatic rings. The molecule has 0 radical (unpaired) electrons. The van der Waals surface area contributed by atoms with Crippen LogP contribution in [0.3, 0.4) is 0 Å². The van der Waals surface area contributed by atoms with Crippen LogP contribution in [0.1, 0.15) is 67.5 Å². The first-order chi connectivity index (χ1) is 38.5. The SMILES string of the molecule is [2H]c1c([2H])c([2H])c(-c2c([2H])c([2H])c(N(c3c([2H])c([2H])c(-c4c([2H])c([2H])c([2H])c([2H])c4[2H])c([2H])c3[2H])c3c([2H])c([2H])c4c(c3[2H])-c3c([2H])c([2H])c([2H])c([2H])c3C43c4c([2H])c([2H])c([2H])c([2H])c4-c4c([2H])c([2H])c([2H])c([2H])c43)c([2H])c2[2H])c([2H])c1[2H]. The second kappa shape index (κ2) is 11.3. The van der Waals surface area contributed by atoms with Crippen molar-refractivity contribution in [2.45, 2.75) is 5.41 Å². The summed E-state index contributed by atoms with van der Waals surface area (Å²) in [5.41, 5.74) is -16.1. The van der Waals surface area contributed by atoms with Gasteiger partial charge in [0.05, 0.1) is 50.7 Å². The first-order valence-electron chi connectivity index (χ1n) is 31.2. The van der Waals surface area contributed by atoms with Gasteiger partial charge in [0, 0.05) is 17.1 Å². The van der Waals surface area contributed by atoms with Crippen LogP contribution in [-0.2, 0) is 5.41 Å². The third kappa shape index (κ3) is 4.20. The predicted octanol–water partition coefficient (Wildman–Crippen LogP) is 12.8. The second-order valence-electron chi connectivity index (χ2n) is 10.8. The Morgan fingerprint density at radius 3 is 1.10 bits per heavy atom. The Bertz CT molecular complexity index is 4110. The lowest BCUT2D eigenvalue weighted by molar-refractivity contribution is 0.794. The standard InChI is InChI=1S/C49H33N/c1-3-13-34(14-4-1)36-23-27-38(28-24-36)50(39-29-25-37(26-30-39)35-15-5-2-6-16-35)40-31-32-48-44(33-40)43-19-9-12-22-47(43)49(48)45-20-10-7-17-41(45)42-18-8-11-21-46(42)49/h1-33H/i1D,2D,3D,4D,5D,6D,7D,8D,9D,10D,11D,12D,13D,14D,15D,16D,17D,18D,19D,20D,21D,22D,23D,24D,25D,26D,27D,28D,29D,30D,31D,32D,33D. The highest BCUT2D eigenvalue weighted by Crippen LogP contribution is 2.63. The van der Waals surface area contributed by atoms with Gasteiger partial charge in [0.2, 0.25) is 0 Å². The lowest BCUT2D eigenvalue weighted by Gasteiger charge is -2.31. The normalized spacial score (nSPS) is 22.2. The highest BCUT2D eigenvalue weighted by atomic mass is 15.1. The van der Waals surface area contributed by atoms with Gasteiger partial charge in [-0.05, 0) is 103 Å². The molecule has 0 fully saturated rings. The van der Waals surface area contributed by atoms with E-state index in [0.29, 0.717) is 0 Å². The molecule has 0 unspecified atom stereocenters. The average molecular weight is 669 g/mol. The third-order valence-corrected chi connectivity index (χ3v) is 8.26. The highest BCUT2D eigenvalue weighted by molar-refractivity contribution is 5.96. The second-order valence-corrected chi connectivity index (χ2v) is 10.8. The highest BCUT2D eigenvalue weighted by Gasteiger charge is 2.51. The van der Waals surface area contributed by atoms with Crippen molar-refractivity contribution >= 4 is 17.1 Å². The van der Waals surface area contributed by atoms with E-state index >= 15 is 0 Å². The molecule has 8 aromatic carbocycles. The van der Waals surface area contributed by atoms with E-state index in [1.165, 1.54) is 0 Å². The number of hydrogen-bond donors (Lipinski definition) is 0. The van der Waals surface area contributed by atoms with E-state index in [0.717, 1.165) is 0 Å². The van der Waals surface area contributed by atoms with Gasteiger partial charge in [-0.1, -0.05) is 163 Å².